The second-order valence-electron chi connectivity index (χ2n) is 4.62. The van der Waals surface area contributed by atoms with Crippen LogP contribution >= 0.6 is 0 Å². The minimum Gasteiger partial charge on any atom is -0.481 e. The number of benzene rings is 2. The van der Waals surface area contributed by atoms with E-state index in [1.54, 1.807) is 0 Å². The first-order valence-electron chi connectivity index (χ1n) is 6.67. The van der Waals surface area contributed by atoms with E-state index in [1.165, 1.54) is 0 Å². The summed E-state index contributed by atoms with van der Waals surface area (Å²) in [5.41, 5.74) is 3.02. The number of ether oxygens (including phenoxy) is 1. The maximum Gasteiger partial charge on any atom is 0.306 e. The maximum atomic E-state index is 11.4. The largest absolute Gasteiger partial charge is 0.481 e. The van der Waals surface area contributed by atoms with Gasteiger partial charge in [0.2, 0.25) is 0 Å². The van der Waals surface area contributed by atoms with Crippen molar-refractivity contribution in [2.24, 2.45) is 0 Å². The molecule has 2 aromatic carbocycles. The van der Waals surface area contributed by atoms with Crippen LogP contribution in [0.3, 0.4) is 0 Å². The standard InChI is InChI=1S/C17H16O4/c18-16(19)9-10-17(20)21-12-13-5-4-8-15(11-13)14-6-2-1-3-7-14/h1-8,11H,9-10,12H2,(H,18,19). The molecule has 0 bridgehead atoms. The normalized spacial score (nSPS) is 10.1. The second-order valence-corrected chi connectivity index (χ2v) is 4.62. The molecule has 0 spiro atoms. The number of carbonyl (C=O) groups is 2. The van der Waals surface area contributed by atoms with Crippen molar-refractivity contribution in [2.75, 3.05) is 0 Å². The number of esters is 1. The van der Waals surface area contributed by atoms with Gasteiger partial charge in [0, 0.05) is 0 Å². The van der Waals surface area contributed by atoms with Gasteiger partial charge in [-0.3, -0.25) is 9.59 Å². The molecule has 0 amide bonds. The van der Waals surface area contributed by atoms with E-state index in [0.29, 0.717) is 0 Å². The zero-order valence-electron chi connectivity index (χ0n) is 11.5. The summed E-state index contributed by atoms with van der Waals surface area (Å²) in [6, 6.07) is 17.6. The number of carbonyl (C=O) groups excluding carboxylic acids is 1. The van der Waals surface area contributed by atoms with E-state index in [2.05, 4.69) is 0 Å². The molecule has 0 unspecified atom stereocenters. The molecule has 2 aromatic rings. The number of carboxylic acid groups (broad SMARTS) is 1. The molecule has 1 N–H and O–H groups in total. The van der Waals surface area contributed by atoms with Gasteiger partial charge in [0.15, 0.2) is 0 Å². The average Bonchev–Trinajstić information content (AvgIpc) is 2.52. The highest BCUT2D eigenvalue weighted by molar-refractivity contribution is 5.76. The predicted octanol–water partition coefficient (Wildman–Crippen LogP) is 3.26. The minimum absolute atomic E-state index is 0.103. The van der Waals surface area contributed by atoms with Crippen molar-refractivity contribution in [3.05, 3.63) is 60.2 Å². The van der Waals surface area contributed by atoms with Crippen LogP contribution in [0.25, 0.3) is 11.1 Å². The number of hydrogen-bond donors (Lipinski definition) is 1. The Morgan fingerprint density at radius 2 is 1.62 bits per heavy atom. The summed E-state index contributed by atoms with van der Waals surface area (Å²) in [4.78, 5) is 21.8. The van der Waals surface area contributed by atoms with Gasteiger partial charge >= 0.3 is 11.9 Å². The molecule has 0 aromatic heterocycles. The zero-order chi connectivity index (χ0) is 15.1. The van der Waals surface area contributed by atoms with Crippen molar-refractivity contribution in [3.63, 3.8) is 0 Å². The van der Waals surface area contributed by atoms with E-state index in [0.717, 1.165) is 16.7 Å². The van der Waals surface area contributed by atoms with Gasteiger partial charge in [0.1, 0.15) is 6.61 Å². The first kappa shape index (κ1) is 14.8. The van der Waals surface area contributed by atoms with Gasteiger partial charge in [0.05, 0.1) is 12.8 Å². The third-order valence-corrected chi connectivity index (χ3v) is 2.98. The van der Waals surface area contributed by atoms with Crippen molar-refractivity contribution >= 4 is 11.9 Å². The third-order valence-electron chi connectivity index (χ3n) is 2.98. The lowest BCUT2D eigenvalue weighted by atomic mass is 10.0. The molecule has 2 rings (SSSR count). The van der Waals surface area contributed by atoms with Crippen molar-refractivity contribution < 1.29 is 19.4 Å². The molecule has 0 radical (unpaired) electrons. The summed E-state index contributed by atoms with van der Waals surface area (Å²) in [5.74, 6) is -1.50. The minimum atomic E-state index is -1.00. The highest BCUT2D eigenvalue weighted by Crippen LogP contribution is 2.20. The van der Waals surface area contributed by atoms with Crippen LogP contribution in [0.1, 0.15) is 18.4 Å². The molecule has 0 aliphatic heterocycles. The molecule has 0 aliphatic rings. The Morgan fingerprint density at radius 1 is 0.905 bits per heavy atom. The summed E-state index contributed by atoms with van der Waals surface area (Å²) in [7, 11) is 0. The topological polar surface area (TPSA) is 63.6 Å². The van der Waals surface area contributed by atoms with Crippen LogP contribution in [0.15, 0.2) is 54.6 Å². The maximum absolute atomic E-state index is 11.4. The van der Waals surface area contributed by atoms with Gasteiger partial charge in [-0.2, -0.15) is 0 Å². The van der Waals surface area contributed by atoms with Crippen LogP contribution in [0.5, 0.6) is 0 Å². The molecular formula is C17H16O4. The van der Waals surface area contributed by atoms with E-state index < -0.39 is 11.9 Å². The van der Waals surface area contributed by atoms with Gasteiger partial charge in [-0.25, -0.2) is 0 Å². The molecule has 4 nitrogen and oxygen atoms in total. The van der Waals surface area contributed by atoms with E-state index in [4.69, 9.17) is 9.84 Å². The fourth-order valence-electron chi connectivity index (χ4n) is 1.92. The van der Waals surface area contributed by atoms with Crippen molar-refractivity contribution in [3.8, 4) is 11.1 Å². The third kappa shape index (κ3) is 4.76. The molecule has 0 fully saturated rings. The van der Waals surface area contributed by atoms with Crippen LogP contribution in [-0.2, 0) is 20.9 Å². The summed E-state index contributed by atoms with van der Waals surface area (Å²) < 4.78 is 5.07. The summed E-state index contributed by atoms with van der Waals surface area (Å²) >= 11 is 0. The van der Waals surface area contributed by atoms with Gasteiger partial charge in [-0.05, 0) is 22.8 Å². The molecule has 4 heteroatoms. The lowest BCUT2D eigenvalue weighted by molar-refractivity contribution is -0.148. The second kappa shape index (κ2) is 7.24. The average molecular weight is 284 g/mol. The van der Waals surface area contributed by atoms with Crippen LogP contribution in [-0.4, -0.2) is 17.0 Å². The van der Waals surface area contributed by atoms with Gasteiger partial charge < -0.3 is 9.84 Å². The monoisotopic (exact) mass is 284 g/mol. The number of hydrogen-bond acceptors (Lipinski definition) is 3. The number of carboxylic acids is 1. The molecule has 21 heavy (non-hydrogen) atoms. The first-order valence-corrected chi connectivity index (χ1v) is 6.67. The predicted molar refractivity (Wildman–Crippen MR) is 78.5 cm³/mol. The molecule has 0 aliphatic carbocycles. The lowest BCUT2D eigenvalue weighted by Gasteiger charge is -2.07. The van der Waals surface area contributed by atoms with Crippen LogP contribution in [0, 0.1) is 0 Å². The van der Waals surface area contributed by atoms with Crippen molar-refractivity contribution in [1.29, 1.82) is 0 Å². The molecule has 0 atom stereocenters. The fourth-order valence-corrected chi connectivity index (χ4v) is 1.92. The van der Waals surface area contributed by atoms with E-state index in [1.807, 2.05) is 54.6 Å². The van der Waals surface area contributed by atoms with E-state index in [-0.39, 0.29) is 19.4 Å². The van der Waals surface area contributed by atoms with Crippen LogP contribution in [0.2, 0.25) is 0 Å². The summed E-state index contributed by atoms with van der Waals surface area (Å²) in [6.45, 7) is 0.152. The van der Waals surface area contributed by atoms with Gasteiger partial charge in [-0.15, -0.1) is 0 Å². The number of rotatable bonds is 6. The summed E-state index contributed by atoms with van der Waals surface area (Å²) in [6.07, 6.45) is -0.309. The molecule has 0 saturated heterocycles. The molecule has 0 saturated carbocycles. The van der Waals surface area contributed by atoms with Gasteiger partial charge in [0.25, 0.3) is 0 Å². The Hall–Kier alpha value is -2.62. The molecule has 0 heterocycles. The summed E-state index contributed by atoms with van der Waals surface area (Å²) in [5, 5.41) is 8.50. The van der Waals surface area contributed by atoms with Crippen LogP contribution < -0.4 is 0 Å². The van der Waals surface area contributed by atoms with E-state index in [9.17, 15) is 9.59 Å². The Balaban J connectivity index is 1.96. The van der Waals surface area contributed by atoms with Crippen molar-refractivity contribution in [1.82, 2.24) is 0 Å². The highest BCUT2D eigenvalue weighted by atomic mass is 16.5. The first-order chi connectivity index (χ1) is 10.1. The smallest absolute Gasteiger partial charge is 0.306 e. The van der Waals surface area contributed by atoms with E-state index >= 15 is 0 Å². The zero-order valence-corrected chi connectivity index (χ0v) is 11.5. The van der Waals surface area contributed by atoms with Crippen LogP contribution in [0.4, 0.5) is 0 Å². The SMILES string of the molecule is O=C(O)CCC(=O)OCc1cccc(-c2ccccc2)c1. The Morgan fingerprint density at radius 3 is 2.33 bits per heavy atom. The molecular weight excluding hydrogens is 268 g/mol. The molecule has 108 valence electrons. The Kier molecular flexibility index (Phi) is 5.10. The highest BCUT2D eigenvalue weighted by Gasteiger charge is 2.07. The lowest BCUT2D eigenvalue weighted by Crippen LogP contribution is -2.07. The Bertz CT molecular complexity index is 620. The van der Waals surface area contributed by atoms with Crippen molar-refractivity contribution in [2.45, 2.75) is 19.4 Å². The Labute approximate surface area is 123 Å². The quantitative estimate of drug-likeness (QED) is 0.827. The van der Waals surface area contributed by atoms with Gasteiger partial charge in [-0.1, -0.05) is 48.5 Å². The number of aliphatic carboxylic acids is 1. The fraction of sp³-hybridized carbons (Fsp3) is 0.176.